The molecule has 2 unspecified atom stereocenters. The number of rotatable bonds is 2. The first-order valence-electron chi connectivity index (χ1n) is 8.30. The van der Waals surface area contributed by atoms with Crippen molar-refractivity contribution < 1.29 is 0 Å². The molecule has 2 aromatic heterocycles. The van der Waals surface area contributed by atoms with Crippen LogP contribution >= 0.6 is 11.3 Å². The molecule has 0 bridgehead atoms. The zero-order valence-corrected chi connectivity index (χ0v) is 13.2. The van der Waals surface area contributed by atoms with Gasteiger partial charge in [-0.2, -0.15) is 9.61 Å². The summed E-state index contributed by atoms with van der Waals surface area (Å²) in [5.41, 5.74) is 6.38. The first-order valence-corrected chi connectivity index (χ1v) is 9.12. The molecule has 2 heterocycles. The largest absolute Gasteiger partial charge is 0.327 e. The minimum absolute atomic E-state index is 0.256. The molecule has 0 aromatic carbocycles. The Morgan fingerprint density at radius 3 is 2.57 bits per heavy atom. The van der Waals surface area contributed by atoms with Gasteiger partial charge in [-0.15, -0.1) is 10.2 Å². The monoisotopic (exact) mass is 305 g/mol. The summed E-state index contributed by atoms with van der Waals surface area (Å²) in [6, 6.07) is 0.256. The van der Waals surface area contributed by atoms with Crippen LogP contribution < -0.4 is 5.73 Å². The molecule has 4 rings (SSSR count). The number of nitrogens with zero attached hydrogens (tertiary/aromatic N) is 4. The van der Waals surface area contributed by atoms with E-state index in [9.17, 15) is 0 Å². The van der Waals surface area contributed by atoms with Gasteiger partial charge in [0.05, 0.1) is 0 Å². The standard InChI is InChI=1S/C15H23N5S/c16-12-9-3-1-2-8-11(12)14-19-20-13(10-6-4-5-7-10)17-18-15(20)21-14/h10-12H,1-9,16H2. The van der Waals surface area contributed by atoms with Crippen LogP contribution in [0.4, 0.5) is 0 Å². The predicted molar refractivity (Wildman–Crippen MR) is 83.7 cm³/mol. The maximum Gasteiger partial charge on any atom is 0.234 e. The first kappa shape index (κ1) is 13.6. The van der Waals surface area contributed by atoms with Gasteiger partial charge in [-0.3, -0.25) is 0 Å². The third-order valence-electron chi connectivity index (χ3n) is 5.14. The Hall–Kier alpha value is -1.01. The van der Waals surface area contributed by atoms with Crippen molar-refractivity contribution in [3.05, 3.63) is 10.8 Å². The van der Waals surface area contributed by atoms with E-state index >= 15 is 0 Å². The van der Waals surface area contributed by atoms with Gasteiger partial charge in [0.2, 0.25) is 4.96 Å². The van der Waals surface area contributed by atoms with Gasteiger partial charge in [-0.05, 0) is 25.7 Å². The molecular formula is C15H23N5S. The molecule has 2 aromatic rings. The normalized spacial score (nSPS) is 28.2. The molecule has 2 atom stereocenters. The van der Waals surface area contributed by atoms with E-state index in [1.165, 1.54) is 56.4 Å². The minimum Gasteiger partial charge on any atom is -0.327 e. The van der Waals surface area contributed by atoms with Gasteiger partial charge in [0, 0.05) is 17.9 Å². The molecule has 2 N–H and O–H groups in total. The molecule has 21 heavy (non-hydrogen) atoms. The fourth-order valence-corrected chi connectivity index (χ4v) is 4.93. The number of hydrogen-bond acceptors (Lipinski definition) is 5. The summed E-state index contributed by atoms with van der Waals surface area (Å²) < 4.78 is 2.01. The van der Waals surface area contributed by atoms with Crippen LogP contribution in [0.15, 0.2) is 0 Å². The van der Waals surface area contributed by atoms with Crippen LogP contribution in [0.25, 0.3) is 4.96 Å². The lowest BCUT2D eigenvalue weighted by atomic mass is 9.96. The summed E-state index contributed by atoms with van der Waals surface area (Å²) >= 11 is 1.69. The number of nitrogens with two attached hydrogens (primary N) is 1. The first-order chi connectivity index (χ1) is 10.3. The average molecular weight is 305 g/mol. The van der Waals surface area contributed by atoms with Crippen LogP contribution in [0.1, 0.15) is 80.5 Å². The topological polar surface area (TPSA) is 69.1 Å². The second-order valence-corrected chi connectivity index (χ2v) is 7.57. The summed E-state index contributed by atoms with van der Waals surface area (Å²) in [6.45, 7) is 0. The van der Waals surface area contributed by atoms with Crippen molar-refractivity contribution in [2.75, 3.05) is 0 Å². The van der Waals surface area contributed by atoms with E-state index < -0.39 is 0 Å². The van der Waals surface area contributed by atoms with E-state index in [0.717, 1.165) is 17.2 Å². The molecule has 114 valence electrons. The second-order valence-electron chi connectivity index (χ2n) is 6.58. The summed E-state index contributed by atoms with van der Waals surface area (Å²) in [5.74, 6) is 2.04. The van der Waals surface area contributed by atoms with E-state index in [4.69, 9.17) is 10.8 Å². The molecule has 0 amide bonds. The highest BCUT2D eigenvalue weighted by atomic mass is 32.1. The summed E-state index contributed by atoms with van der Waals surface area (Å²) in [4.78, 5) is 0.948. The predicted octanol–water partition coefficient (Wildman–Crippen LogP) is 3.22. The van der Waals surface area contributed by atoms with Gasteiger partial charge in [0.25, 0.3) is 0 Å². The Kier molecular flexibility index (Phi) is 3.67. The van der Waals surface area contributed by atoms with Crippen LogP contribution in [-0.4, -0.2) is 25.9 Å². The van der Waals surface area contributed by atoms with Gasteiger partial charge in [-0.25, -0.2) is 0 Å². The van der Waals surface area contributed by atoms with Crippen LogP contribution in [0.3, 0.4) is 0 Å². The van der Waals surface area contributed by atoms with Gasteiger partial charge >= 0.3 is 0 Å². The van der Waals surface area contributed by atoms with E-state index in [1.54, 1.807) is 11.3 Å². The molecule has 6 heteroatoms. The van der Waals surface area contributed by atoms with Crippen molar-refractivity contribution in [2.45, 2.75) is 75.7 Å². The maximum absolute atomic E-state index is 6.38. The lowest BCUT2D eigenvalue weighted by Gasteiger charge is -2.18. The summed E-state index contributed by atoms with van der Waals surface area (Å²) in [7, 11) is 0. The minimum atomic E-state index is 0.256. The highest BCUT2D eigenvalue weighted by Crippen LogP contribution is 2.36. The highest BCUT2D eigenvalue weighted by molar-refractivity contribution is 7.16. The van der Waals surface area contributed by atoms with Crippen LogP contribution in [-0.2, 0) is 0 Å². The van der Waals surface area contributed by atoms with Crippen molar-refractivity contribution in [1.29, 1.82) is 0 Å². The highest BCUT2D eigenvalue weighted by Gasteiger charge is 2.28. The fraction of sp³-hybridized carbons (Fsp3) is 0.800. The summed E-state index contributed by atoms with van der Waals surface area (Å²) in [6.07, 6.45) is 11.2. The Morgan fingerprint density at radius 1 is 0.952 bits per heavy atom. The van der Waals surface area contributed by atoms with Crippen molar-refractivity contribution in [3.8, 4) is 0 Å². The quantitative estimate of drug-likeness (QED) is 0.865. The van der Waals surface area contributed by atoms with E-state index in [2.05, 4.69) is 10.2 Å². The smallest absolute Gasteiger partial charge is 0.234 e. The van der Waals surface area contributed by atoms with Gasteiger partial charge in [-0.1, -0.05) is 43.4 Å². The molecule has 0 spiro atoms. The molecule has 0 radical (unpaired) electrons. The maximum atomic E-state index is 6.38. The Labute approximate surface area is 128 Å². The van der Waals surface area contributed by atoms with E-state index in [1.807, 2.05) is 4.52 Å². The zero-order valence-electron chi connectivity index (χ0n) is 12.4. The third-order valence-corrected chi connectivity index (χ3v) is 6.17. The van der Waals surface area contributed by atoms with E-state index in [-0.39, 0.29) is 6.04 Å². The van der Waals surface area contributed by atoms with Crippen LogP contribution in [0.2, 0.25) is 0 Å². The fourth-order valence-electron chi connectivity index (χ4n) is 3.88. The molecule has 5 nitrogen and oxygen atoms in total. The summed E-state index contributed by atoms with van der Waals surface area (Å²) in [5, 5.41) is 14.8. The molecule has 2 saturated carbocycles. The molecule has 0 saturated heterocycles. The van der Waals surface area contributed by atoms with Gasteiger partial charge in [0.1, 0.15) is 5.01 Å². The molecule has 2 fully saturated rings. The van der Waals surface area contributed by atoms with Gasteiger partial charge < -0.3 is 5.73 Å². The zero-order chi connectivity index (χ0) is 14.2. The van der Waals surface area contributed by atoms with Crippen molar-refractivity contribution in [1.82, 2.24) is 19.8 Å². The average Bonchev–Trinajstić information content (AvgIpc) is 3.15. The Morgan fingerprint density at radius 2 is 1.71 bits per heavy atom. The third kappa shape index (κ3) is 2.48. The van der Waals surface area contributed by atoms with Crippen molar-refractivity contribution >= 4 is 16.3 Å². The van der Waals surface area contributed by atoms with Crippen LogP contribution in [0.5, 0.6) is 0 Å². The molecular weight excluding hydrogens is 282 g/mol. The molecule has 2 aliphatic carbocycles. The lowest BCUT2D eigenvalue weighted by molar-refractivity contribution is 0.496. The number of hydrogen-bond donors (Lipinski definition) is 1. The number of aromatic nitrogens is 4. The van der Waals surface area contributed by atoms with Crippen molar-refractivity contribution in [3.63, 3.8) is 0 Å². The Bertz CT molecular complexity index is 613. The van der Waals surface area contributed by atoms with Crippen molar-refractivity contribution in [2.24, 2.45) is 5.73 Å². The van der Waals surface area contributed by atoms with E-state index in [0.29, 0.717) is 11.8 Å². The Balaban J connectivity index is 1.66. The molecule has 0 aliphatic heterocycles. The second kappa shape index (κ2) is 5.65. The van der Waals surface area contributed by atoms with Crippen LogP contribution in [0, 0.1) is 0 Å². The van der Waals surface area contributed by atoms with Gasteiger partial charge in [0.15, 0.2) is 5.82 Å². The molecule has 2 aliphatic rings. The number of fused-ring (bicyclic) bond motifs is 1. The SMILES string of the molecule is NC1CCCCCC1c1nn2c(C3CCCC3)nnc2s1. The lowest BCUT2D eigenvalue weighted by Crippen LogP contribution is -2.27.